The number of aromatic nitrogens is 4. The maximum absolute atomic E-state index is 5.97. The summed E-state index contributed by atoms with van der Waals surface area (Å²) in [7, 11) is 0. The van der Waals surface area contributed by atoms with Crippen molar-refractivity contribution < 1.29 is 4.74 Å². The molecule has 0 saturated heterocycles. The summed E-state index contributed by atoms with van der Waals surface area (Å²) >= 11 is 5.90. The summed E-state index contributed by atoms with van der Waals surface area (Å²) in [5, 5.41) is 0.113. The van der Waals surface area contributed by atoms with Gasteiger partial charge in [0.2, 0.25) is 11.2 Å². The van der Waals surface area contributed by atoms with Gasteiger partial charge >= 0.3 is 0 Å². The van der Waals surface area contributed by atoms with E-state index in [4.69, 9.17) is 16.3 Å². The fourth-order valence-corrected chi connectivity index (χ4v) is 2.19. The lowest BCUT2D eigenvalue weighted by molar-refractivity contribution is 0.459. The highest BCUT2D eigenvalue weighted by Gasteiger charge is 2.14. The van der Waals surface area contributed by atoms with Crippen LogP contribution in [0, 0.1) is 20.8 Å². The minimum Gasteiger partial charge on any atom is -0.436 e. The summed E-state index contributed by atoms with van der Waals surface area (Å²) in [5.41, 5.74) is 4.40. The summed E-state index contributed by atoms with van der Waals surface area (Å²) < 4.78 is 5.97. The van der Waals surface area contributed by atoms with Gasteiger partial charge in [0.15, 0.2) is 5.65 Å². The molecule has 2 aromatic heterocycles. The van der Waals surface area contributed by atoms with Crippen LogP contribution in [0.1, 0.15) is 16.7 Å². The minimum absolute atomic E-state index is 0.113. The Bertz CT molecular complexity index is 797. The van der Waals surface area contributed by atoms with Crippen LogP contribution in [0.15, 0.2) is 18.5 Å². The van der Waals surface area contributed by atoms with Crippen molar-refractivity contribution in [2.75, 3.05) is 0 Å². The summed E-state index contributed by atoms with van der Waals surface area (Å²) in [6, 6.07) is 4.08. The van der Waals surface area contributed by atoms with E-state index in [0.717, 1.165) is 22.4 Å². The van der Waals surface area contributed by atoms with E-state index < -0.39 is 0 Å². The van der Waals surface area contributed by atoms with Gasteiger partial charge in [-0.1, -0.05) is 12.1 Å². The van der Waals surface area contributed by atoms with Crippen molar-refractivity contribution in [1.82, 2.24) is 19.9 Å². The molecule has 3 aromatic rings. The number of aryl methyl sites for hydroxylation is 2. The molecule has 1 aromatic carbocycles. The van der Waals surface area contributed by atoms with E-state index in [9.17, 15) is 0 Å². The zero-order chi connectivity index (χ0) is 14.3. The average molecular weight is 289 g/mol. The number of nitrogens with one attached hydrogen (secondary N) is 1. The summed E-state index contributed by atoms with van der Waals surface area (Å²) in [6.45, 7) is 6.06. The molecule has 0 spiro atoms. The second-order valence-corrected chi connectivity index (χ2v) is 4.99. The van der Waals surface area contributed by atoms with Crippen LogP contribution in [0.2, 0.25) is 5.28 Å². The molecule has 20 heavy (non-hydrogen) atoms. The first-order valence-corrected chi connectivity index (χ1v) is 6.55. The Kier molecular flexibility index (Phi) is 3.06. The van der Waals surface area contributed by atoms with E-state index in [-0.39, 0.29) is 5.28 Å². The zero-order valence-corrected chi connectivity index (χ0v) is 12.1. The molecular formula is C14H13ClN4O. The highest BCUT2D eigenvalue weighted by molar-refractivity contribution is 6.28. The van der Waals surface area contributed by atoms with Gasteiger partial charge in [-0.15, -0.1) is 0 Å². The van der Waals surface area contributed by atoms with Gasteiger partial charge in [-0.05, 0) is 49.1 Å². The Hall–Kier alpha value is -2.14. The second-order valence-electron chi connectivity index (χ2n) is 4.65. The number of ether oxygens (including phenoxy) is 1. The molecule has 0 atom stereocenters. The van der Waals surface area contributed by atoms with Crippen LogP contribution >= 0.6 is 11.6 Å². The molecule has 0 aliphatic heterocycles. The van der Waals surface area contributed by atoms with Gasteiger partial charge in [0.1, 0.15) is 11.3 Å². The first-order valence-electron chi connectivity index (χ1n) is 6.17. The molecule has 0 unspecified atom stereocenters. The summed E-state index contributed by atoms with van der Waals surface area (Å²) in [4.78, 5) is 15.2. The molecule has 0 saturated carbocycles. The van der Waals surface area contributed by atoms with Gasteiger partial charge < -0.3 is 9.72 Å². The molecule has 102 valence electrons. The van der Waals surface area contributed by atoms with Crippen molar-refractivity contribution in [3.05, 3.63) is 40.4 Å². The Morgan fingerprint density at radius 1 is 1.10 bits per heavy atom. The van der Waals surface area contributed by atoms with Crippen molar-refractivity contribution in [3.63, 3.8) is 0 Å². The van der Waals surface area contributed by atoms with Crippen molar-refractivity contribution in [1.29, 1.82) is 0 Å². The quantitative estimate of drug-likeness (QED) is 0.730. The maximum atomic E-state index is 5.97. The van der Waals surface area contributed by atoms with E-state index >= 15 is 0 Å². The number of rotatable bonds is 2. The zero-order valence-electron chi connectivity index (χ0n) is 11.4. The van der Waals surface area contributed by atoms with Crippen molar-refractivity contribution in [2.45, 2.75) is 20.8 Å². The van der Waals surface area contributed by atoms with E-state index in [1.807, 2.05) is 26.8 Å². The number of aromatic amines is 1. The molecule has 5 nitrogen and oxygen atoms in total. The first kappa shape index (κ1) is 12.9. The lowest BCUT2D eigenvalue weighted by atomic mass is 10.1. The fourth-order valence-electron chi connectivity index (χ4n) is 2.03. The topological polar surface area (TPSA) is 63.7 Å². The number of hydrogen-bond acceptors (Lipinski definition) is 4. The van der Waals surface area contributed by atoms with Crippen LogP contribution in [-0.2, 0) is 0 Å². The molecular weight excluding hydrogens is 276 g/mol. The predicted molar refractivity (Wildman–Crippen MR) is 77.4 cm³/mol. The van der Waals surface area contributed by atoms with Crippen LogP contribution in [0.4, 0.5) is 0 Å². The van der Waals surface area contributed by atoms with Crippen LogP contribution in [-0.4, -0.2) is 19.9 Å². The van der Waals surface area contributed by atoms with Gasteiger partial charge in [-0.2, -0.15) is 9.97 Å². The largest absolute Gasteiger partial charge is 0.436 e. The van der Waals surface area contributed by atoms with Gasteiger partial charge in [0.05, 0.1) is 6.33 Å². The second kappa shape index (κ2) is 4.76. The molecule has 0 aliphatic carbocycles. The highest BCUT2D eigenvalue weighted by Crippen LogP contribution is 2.32. The minimum atomic E-state index is 0.113. The third-order valence-corrected chi connectivity index (χ3v) is 3.47. The molecule has 0 bridgehead atoms. The van der Waals surface area contributed by atoms with Gasteiger partial charge in [-0.3, -0.25) is 0 Å². The summed E-state index contributed by atoms with van der Waals surface area (Å²) in [6.07, 6.45) is 1.54. The maximum Gasteiger partial charge on any atom is 0.250 e. The van der Waals surface area contributed by atoms with Crippen LogP contribution < -0.4 is 4.74 Å². The van der Waals surface area contributed by atoms with Crippen molar-refractivity contribution in [2.24, 2.45) is 0 Å². The van der Waals surface area contributed by atoms with Crippen molar-refractivity contribution >= 4 is 22.8 Å². The number of nitrogens with zero attached hydrogens (tertiary/aromatic N) is 3. The van der Waals surface area contributed by atoms with Crippen LogP contribution in [0.5, 0.6) is 11.6 Å². The molecule has 0 fully saturated rings. The number of benzene rings is 1. The number of fused-ring (bicyclic) bond motifs is 1. The van der Waals surface area contributed by atoms with Gasteiger partial charge in [0, 0.05) is 0 Å². The monoisotopic (exact) mass is 288 g/mol. The molecule has 6 heteroatoms. The fraction of sp³-hybridized carbons (Fsp3) is 0.214. The third kappa shape index (κ3) is 2.10. The van der Waals surface area contributed by atoms with E-state index in [1.165, 1.54) is 0 Å². The Morgan fingerprint density at radius 3 is 2.65 bits per heavy atom. The number of hydrogen-bond donors (Lipinski definition) is 1. The lowest BCUT2D eigenvalue weighted by Gasteiger charge is -2.13. The summed E-state index contributed by atoms with van der Waals surface area (Å²) in [5.74, 6) is 1.17. The Balaban J connectivity index is 2.14. The van der Waals surface area contributed by atoms with E-state index in [0.29, 0.717) is 17.0 Å². The highest BCUT2D eigenvalue weighted by atomic mass is 35.5. The Labute approximate surface area is 121 Å². The molecule has 0 radical (unpaired) electrons. The van der Waals surface area contributed by atoms with E-state index in [1.54, 1.807) is 6.33 Å². The standard InChI is InChI=1S/C14H13ClN4O/c1-7-4-5-8(2)11(9(7)3)20-13-10-12(17-6-16-10)18-14(15)19-13/h4-6H,1-3H3,(H,16,17,18,19). The molecule has 0 aliphatic rings. The van der Waals surface area contributed by atoms with Gasteiger partial charge in [0.25, 0.3) is 0 Å². The number of halogens is 1. The number of H-pyrrole nitrogens is 1. The van der Waals surface area contributed by atoms with E-state index in [2.05, 4.69) is 26.0 Å². The first-order chi connectivity index (χ1) is 9.56. The Morgan fingerprint density at radius 2 is 1.85 bits per heavy atom. The smallest absolute Gasteiger partial charge is 0.250 e. The molecule has 3 rings (SSSR count). The predicted octanol–water partition coefficient (Wildman–Crippen LogP) is 3.72. The molecule has 2 heterocycles. The average Bonchev–Trinajstić information content (AvgIpc) is 2.87. The number of imidazole rings is 1. The van der Waals surface area contributed by atoms with Crippen molar-refractivity contribution in [3.8, 4) is 11.6 Å². The van der Waals surface area contributed by atoms with Crippen LogP contribution in [0.3, 0.4) is 0 Å². The third-order valence-electron chi connectivity index (χ3n) is 3.30. The molecule has 1 N–H and O–H groups in total. The molecule has 0 amide bonds. The SMILES string of the molecule is Cc1ccc(C)c(Oc2nc(Cl)nc3nc[nH]c23)c1C. The van der Waals surface area contributed by atoms with Crippen LogP contribution in [0.25, 0.3) is 11.2 Å². The normalized spacial score (nSPS) is 11.0. The lowest BCUT2D eigenvalue weighted by Crippen LogP contribution is -1.97. The van der Waals surface area contributed by atoms with Gasteiger partial charge in [-0.25, -0.2) is 4.98 Å².